The molecule has 0 unspecified atom stereocenters. The monoisotopic (exact) mass is 467 g/mol. The van der Waals surface area contributed by atoms with Crippen LogP contribution in [0.15, 0.2) is 87.4 Å². The third-order valence-electron chi connectivity index (χ3n) is 5.77. The van der Waals surface area contributed by atoms with Crippen LogP contribution in [0.4, 0.5) is 5.69 Å². The molecular weight excluding hydrogens is 446 g/mol. The van der Waals surface area contributed by atoms with Crippen molar-refractivity contribution in [3.8, 4) is 23.1 Å². The molecule has 0 radical (unpaired) electrons. The Morgan fingerprint density at radius 2 is 1.69 bits per heavy atom. The number of nitrogens with zero attached hydrogens (tertiary/aromatic N) is 2. The van der Waals surface area contributed by atoms with Gasteiger partial charge < -0.3 is 14.6 Å². The van der Waals surface area contributed by atoms with Gasteiger partial charge >= 0.3 is 5.69 Å². The molecule has 1 aromatic heterocycles. The fraction of sp³-hybridized carbons (Fsp3) is 0.0741. The first-order chi connectivity index (χ1) is 17.0. The number of aromatic nitrogens is 2. The number of H-pyrrole nitrogens is 1. The normalized spacial score (nSPS) is 13.4. The molecule has 0 aliphatic carbocycles. The molecule has 2 N–H and O–H groups in total. The summed E-state index contributed by atoms with van der Waals surface area (Å²) in [5.74, 6) is 0.225. The van der Waals surface area contributed by atoms with Crippen LogP contribution in [-0.4, -0.2) is 34.6 Å². The van der Waals surface area contributed by atoms with E-state index in [2.05, 4.69) is 4.98 Å². The highest BCUT2D eigenvalue weighted by atomic mass is 16.5. The van der Waals surface area contributed by atoms with E-state index in [0.29, 0.717) is 22.8 Å². The van der Waals surface area contributed by atoms with Crippen LogP contribution in [-0.2, 0) is 0 Å². The summed E-state index contributed by atoms with van der Waals surface area (Å²) in [5.41, 5.74) is 2.29. The largest absolute Gasteiger partial charge is 0.497 e. The number of benzene rings is 3. The number of fused-ring (bicyclic) bond motifs is 1. The van der Waals surface area contributed by atoms with E-state index in [1.807, 2.05) is 54.6 Å². The molecule has 0 fully saturated rings. The van der Waals surface area contributed by atoms with E-state index in [0.717, 1.165) is 21.4 Å². The van der Waals surface area contributed by atoms with E-state index in [9.17, 15) is 14.7 Å². The number of hydrogen-bond acceptors (Lipinski definition) is 6. The zero-order valence-electron chi connectivity index (χ0n) is 19.0. The van der Waals surface area contributed by atoms with Gasteiger partial charge in [-0.05, 0) is 24.3 Å². The highest BCUT2D eigenvalue weighted by Gasteiger charge is 2.24. The highest BCUT2D eigenvalue weighted by molar-refractivity contribution is 6.39. The van der Waals surface area contributed by atoms with Crippen molar-refractivity contribution in [2.45, 2.75) is 0 Å². The van der Waals surface area contributed by atoms with E-state index < -0.39 is 17.1 Å². The van der Waals surface area contributed by atoms with Crippen molar-refractivity contribution in [2.24, 2.45) is 4.99 Å². The predicted molar refractivity (Wildman–Crippen MR) is 134 cm³/mol. The lowest BCUT2D eigenvalue weighted by molar-refractivity contribution is 0.393. The molecule has 3 aromatic carbocycles. The summed E-state index contributed by atoms with van der Waals surface area (Å²) in [7, 11) is 2.93. The van der Waals surface area contributed by atoms with Gasteiger partial charge in [-0.1, -0.05) is 48.5 Å². The van der Waals surface area contributed by atoms with E-state index in [4.69, 9.17) is 14.5 Å². The molecule has 0 saturated carbocycles. The zero-order valence-corrected chi connectivity index (χ0v) is 19.0. The average molecular weight is 467 g/mol. The number of aromatic amines is 1. The van der Waals surface area contributed by atoms with Crippen molar-refractivity contribution in [2.75, 3.05) is 14.2 Å². The second kappa shape index (κ2) is 8.83. The molecule has 174 valence electrons. The molecule has 8 nitrogen and oxygen atoms in total. The fourth-order valence-corrected chi connectivity index (χ4v) is 4.08. The van der Waals surface area contributed by atoms with Crippen LogP contribution in [0.2, 0.25) is 0 Å². The van der Waals surface area contributed by atoms with Gasteiger partial charge in [-0.2, -0.15) is 0 Å². The number of allylic oxidation sites excluding steroid dienone is 1. The van der Waals surface area contributed by atoms with Gasteiger partial charge in [0, 0.05) is 22.8 Å². The van der Waals surface area contributed by atoms with Crippen molar-refractivity contribution in [1.29, 1.82) is 0 Å². The molecule has 5 rings (SSSR count). The second-order valence-corrected chi connectivity index (χ2v) is 7.77. The average Bonchev–Trinajstić information content (AvgIpc) is 3.25. The Morgan fingerprint density at radius 3 is 2.43 bits per heavy atom. The minimum Gasteiger partial charge on any atom is -0.497 e. The minimum absolute atomic E-state index is 0.0928. The third-order valence-corrected chi connectivity index (χ3v) is 5.77. The Kier molecular flexibility index (Phi) is 5.54. The van der Waals surface area contributed by atoms with Crippen LogP contribution in [0.1, 0.15) is 16.7 Å². The minimum atomic E-state index is -0.815. The number of aromatic hydroxyl groups is 1. The Labute approximate surface area is 200 Å². The lowest BCUT2D eigenvalue weighted by Crippen LogP contribution is -2.30. The first-order valence-electron chi connectivity index (χ1n) is 10.8. The summed E-state index contributed by atoms with van der Waals surface area (Å²) < 4.78 is 11.6. The number of hydrogen-bond donors (Lipinski definition) is 2. The van der Waals surface area contributed by atoms with Gasteiger partial charge in [-0.25, -0.2) is 14.4 Å². The summed E-state index contributed by atoms with van der Waals surface area (Å²) in [6.45, 7) is 0. The van der Waals surface area contributed by atoms with Crippen molar-refractivity contribution in [1.82, 2.24) is 9.55 Å². The molecule has 0 atom stereocenters. The van der Waals surface area contributed by atoms with Gasteiger partial charge in [0.05, 0.1) is 31.3 Å². The van der Waals surface area contributed by atoms with E-state index in [1.165, 1.54) is 20.3 Å². The molecule has 35 heavy (non-hydrogen) atoms. The standard InChI is InChI=1S/C27H21N3O5/c1-34-17-12-13-23(35-2)22(14-17)30-26(32)20(25(31)29-27(30)33)15-19-18-10-6-7-11-21(18)28-24(19)16-8-4-3-5-9-16/h3-15,32H,1-2H3,(H,29,31,33)/b19-15+. The smallest absolute Gasteiger partial charge is 0.335 e. The molecule has 2 heterocycles. The molecule has 0 bridgehead atoms. The molecular formula is C27H21N3O5. The number of methoxy groups -OCH3 is 2. The van der Waals surface area contributed by atoms with Crippen LogP contribution in [0.25, 0.3) is 17.3 Å². The van der Waals surface area contributed by atoms with Gasteiger partial charge in [0.1, 0.15) is 17.1 Å². The topological polar surface area (TPSA) is 106 Å². The number of ether oxygens (including phenoxy) is 2. The van der Waals surface area contributed by atoms with Crippen LogP contribution in [0.3, 0.4) is 0 Å². The molecule has 8 heteroatoms. The molecule has 0 amide bonds. The molecule has 1 aliphatic rings. The Balaban J connectivity index is 1.76. The maximum Gasteiger partial charge on any atom is 0.335 e. The Bertz CT molecular complexity index is 1610. The number of nitrogens with one attached hydrogen (secondary N) is 1. The van der Waals surface area contributed by atoms with Crippen molar-refractivity contribution in [3.63, 3.8) is 0 Å². The molecule has 1 aliphatic heterocycles. The third kappa shape index (κ3) is 3.80. The van der Waals surface area contributed by atoms with Crippen LogP contribution < -0.4 is 20.7 Å². The Morgan fingerprint density at radius 1 is 0.943 bits per heavy atom. The summed E-state index contributed by atoms with van der Waals surface area (Å²) in [6, 6.07) is 21.9. The lowest BCUT2D eigenvalue weighted by Gasteiger charge is -2.15. The van der Waals surface area contributed by atoms with Gasteiger partial charge in [0.2, 0.25) is 5.88 Å². The van der Waals surface area contributed by atoms with E-state index in [1.54, 1.807) is 18.2 Å². The summed E-state index contributed by atoms with van der Waals surface area (Å²) >= 11 is 0. The zero-order chi connectivity index (χ0) is 24.5. The number of aliphatic imine (C=N–C) groups is 1. The van der Waals surface area contributed by atoms with Crippen molar-refractivity contribution < 1.29 is 14.6 Å². The number of para-hydroxylation sites is 1. The van der Waals surface area contributed by atoms with Crippen LogP contribution in [0, 0.1) is 0 Å². The first-order valence-corrected chi connectivity index (χ1v) is 10.8. The first kappa shape index (κ1) is 22.0. The summed E-state index contributed by atoms with van der Waals surface area (Å²) in [6.07, 6.45) is 1.55. The second-order valence-electron chi connectivity index (χ2n) is 7.77. The molecule has 4 aromatic rings. The van der Waals surface area contributed by atoms with Gasteiger partial charge in [-0.3, -0.25) is 9.78 Å². The highest BCUT2D eigenvalue weighted by Crippen LogP contribution is 2.38. The van der Waals surface area contributed by atoms with E-state index in [-0.39, 0.29) is 11.3 Å². The fourth-order valence-electron chi connectivity index (χ4n) is 4.08. The van der Waals surface area contributed by atoms with Crippen molar-refractivity contribution >= 4 is 23.0 Å². The maximum atomic E-state index is 12.9. The summed E-state index contributed by atoms with van der Waals surface area (Å²) in [4.78, 5) is 32.8. The summed E-state index contributed by atoms with van der Waals surface area (Å²) in [5, 5.41) is 11.2. The van der Waals surface area contributed by atoms with Gasteiger partial charge in [-0.15, -0.1) is 0 Å². The maximum absolute atomic E-state index is 12.9. The van der Waals surface area contributed by atoms with Crippen LogP contribution in [0.5, 0.6) is 17.4 Å². The van der Waals surface area contributed by atoms with Crippen molar-refractivity contribution in [3.05, 3.63) is 110 Å². The van der Waals surface area contributed by atoms with E-state index >= 15 is 0 Å². The number of rotatable bonds is 5. The van der Waals surface area contributed by atoms with Crippen LogP contribution >= 0.6 is 0 Å². The SMILES string of the molecule is COc1ccc(OC)c(-n2c(O)c(/C=C3/C(c4ccccc4)=Nc4ccccc43)c(=O)[nH]c2=O)c1. The predicted octanol–water partition coefficient (Wildman–Crippen LogP) is 3.92. The molecule has 0 saturated heterocycles. The van der Waals surface area contributed by atoms with Gasteiger partial charge in [0.15, 0.2) is 0 Å². The quantitative estimate of drug-likeness (QED) is 0.463. The van der Waals surface area contributed by atoms with Gasteiger partial charge in [0.25, 0.3) is 5.56 Å². The Hall–Kier alpha value is -4.85. The molecule has 0 spiro atoms. The lowest BCUT2D eigenvalue weighted by atomic mass is 9.96.